The van der Waals surface area contributed by atoms with Crippen LogP contribution in [-0.4, -0.2) is 42.5 Å². The van der Waals surface area contributed by atoms with E-state index in [-0.39, 0.29) is 24.2 Å². The van der Waals surface area contributed by atoms with Crippen LogP contribution in [0, 0.1) is 22.7 Å². The molecule has 27 heavy (non-hydrogen) atoms. The van der Waals surface area contributed by atoms with Gasteiger partial charge in [0.15, 0.2) is 18.0 Å². The molecule has 0 N–H and O–H groups in total. The van der Waals surface area contributed by atoms with Crippen molar-refractivity contribution in [2.24, 2.45) is 22.7 Å². The summed E-state index contributed by atoms with van der Waals surface area (Å²) in [6, 6.07) is 0. The second-order valence-corrected chi connectivity index (χ2v) is 8.60. The van der Waals surface area contributed by atoms with Crippen LogP contribution in [0.1, 0.15) is 59.8 Å². The van der Waals surface area contributed by atoms with Gasteiger partial charge in [0.1, 0.15) is 0 Å². The molecule has 7 nitrogen and oxygen atoms in total. The summed E-state index contributed by atoms with van der Waals surface area (Å²) in [4.78, 5) is 49.6. The Morgan fingerprint density at radius 3 is 2.48 bits per heavy atom. The molecule has 0 unspecified atom stereocenters. The summed E-state index contributed by atoms with van der Waals surface area (Å²) in [5.41, 5.74) is -1.01. The average molecular weight is 380 g/mol. The Balaban J connectivity index is 1.96. The van der Waals surface area contributed by atoms with Gasteiger partial charge >= 0.3 is 17.9 Å². The van der Waals surface area contributed by atoms with Crippen LogP contribution in [0.25, 0.3) is 0 Å². The molecule has 2 aliphatic carbocycles. The van der Waals surface area contributed by atoms with Crippen molar-refractivity contribution < 1.29 is 33.4 Å². The zero-order valence-corrected chi connectivity index (χ0v) is 16.4. The molecule has 150 valence electrons. The maximum Gasteiger partial charge on any atom is 0.347 e. The molecule has 0 aromatic heterocycles. The Morgan fingerprint density at radius 2 is 1.85 bits per heavy atom. The number of esters is 3. The minimum atomic E-state index is -0.997. The zero-order chi connectivity index (χ0) is 20.0. The fraction of sp³-hybridized carbons (Fsp3) is 0.800. The van der Waals surface area contributed by atoms with E-state index in [0.29, 0.717) is 12.8 Å². The van der Waals surface area contributed by atoms with Crippen LogP contribution in [0.2, 0.25) is 0 Å². The van der Waals surface area contributed by atoms with Crippen LogP contribution in [0.4, 0.5) is 0 Å². The van der Waals surface area contributed by atoms with Crippen molar-refractivity contribution in [3.8, 4) is 0 Å². The zero-order valence-electron chi connectivity index (χ0n) is 16.4. The predicted molar refractivity (Wildman–Crippen MR) is 93.4 cm³/mol. The molecule has 0 aromatic rings. The fourth-order valence-corrected chi connectivity index (χ4v) is 5.67. The number of hydrogen-bond acceptors (Lipinski definition) is 7. The van der Waals surface area contributed by atoms with Gasteiger partial charge in [0.05, 0.1) is 12.5 Å². The average Bonchev–Trinajstić information content (AvgIpc) is 2.56. The quantitative estimate of drug-likeness (QED) is 0.547. The SMILES string of the molecule is CCOC(=O)[C@@H]1C[C@@]2(C)[C@@H](CC[C@@]3(C)CC[C@H](OC(C)=O)C(=O)[C@@H]32)C(=O)O1. The summed E-state index contributed by atoms with van der Waals surface area (Å²) in [5, 5.41) is 0. The molecule has 3 rings (SSSR count). The predicted octanol–water partition coefficient (Wildman–Crippen LogP) is 2.20. The molecule has 7 heteroatoms. The topological polar surface area (TPSA) is 96.0 Å². The van der Waals surface area contributed by atoms with Gasteiger partial charge in [-0.05, 0) is 43.4 Å². The summed E-state index contributed by atoms with van der Waals surface area (Å²) in [7, 11) is 0. The molecule has 6 atom stereocenters. The van der Waals surface area contributed by atoms with E-state index in [0.717, 1.165) is 12.8 Å². The molecule has 3 fully saturated rings. The molecule has 1 aliphatic heterocycles. The lowest BCUT2D eigenvalue weighted by Crippen LogP contribution is -2.62. The van der Waals surface area contributed by atoms with Crippen LogP contribution < -0.4 is 0 Å². The highest BCUT2D eigenvalue weighted by Crippen LogP contribution is 2.62. The van der Waals surface area contributed by atoms with Crippen molar-refractivity contribution in [1.29, 1.82) is 0 Å². The first-order chi connectivity index (χ1) is 12.6. The molecule has 1 heterocycles. The number of Topliss-reactive ketones (excluding diaryl/α,β-unsaturated/α-hetero) is 1. The Morgan fingerprint density at radius 1 is 1.19 bits per heavy atom. The van der Waals surface area contributed by atoms with Crippen molar-refractivity contribution >= 4 is 23.7 Å². The minimum Gasteiger partial charge on any atom is -0.463 e. The van der Waals surface area contributed by atoms with Gasteiger partial charge in [-0.25, -0.2) is 4.79 Å². The van der Waals surface area contributed by atoms with Crippen LogP contribution in [0.3, 0.4) is 0 Å². The molecule has 2 saturated carbocycles. The van der Waals surface area contributed by atoms with Gasteiger partial charge in [0.2, 0.25) is 0 Å². The van der Waals surface area contributed by atoms with E-state index < -0.39 is 47.4 Å². The van der Waals surface area contributed by atoms with E-state index in [2.05, 4.69) is 6.92 Å². The second kappa shape index (κ2) is 6.91. The number of carbonyl (C=O) groups is 4. The number of ether oxygens (including phenoxy) is 3. The molecular formula is C20H28O7. The van der Waals surface area contributed by atoms with E-state index >= 15 is 0 Å². The summed E-state index contributed by atoms with van der Waals surface area (Å²) >= 11 is 0. The van der Waals surface area contributed by atoms with Crippen LogP contribution in [-0.2, 0) is 33.4 Å². The van der Waals surface area contributed by atoms with Gasteiger partial charge in [-0.1, -0.05) is 13.8 Å². The minimum absolute atomic E-state index is 0.136. The molecule has 0 bridgehead atoms. The van der Waals surface area contributed by atoms with Crippen molar-refractivity contribution in [1.82, 2.24) is 0 Å². The summed E-state index contributed by atoms with van der Waals surface area (Å²) in [6.07, 6.45) is 1.07. The molecule has 0 amide bonds. The number of rotatable bonds is 3. The third-order valence-corrected chi connectivity index (χ3v) is 6.76. The third kappa shape index (κ3) is 3.25. The number of carbonyl (C=O) groups excluding carboxylic acids is 4. The van der Waals surface area contributed by atoms with Gasteiger partial charge in [0.25, 0.3) is 0 Å². The highest BCUT2D eigenvalue weighted by molar-refractivity contribution is 5.91. The summed E-state index contributed by atoms with van der Waals surface area (Å²) in [5.74, 6) is -2.54. The first-order valence-corrected chi connectivity index (χ1v) is 9.70. The van der Waals surface area contributed by atoms with Gasteiger partial charge < -0.3 is 14.2 Å². The molecule has 1 saturated heterocycles. The molecule has 3 aliphatic rings. The molecular weight excluding hydrogens is 352 g/mol. The van der Waals surface area contributed by atoms with E-state index in [4.69, 9.17) is 14.2 Å². The lowest BCUT2D eigenvalue weighted by atomic mass is 9.45. The normalized spacial score (nSPS) is 41.0. The number of ketones is 1. The third-order valence-electron chi connectivity index (χ3n) is 6.76. The van der Waals surface area contributed by atoms with Gasteiger partial charge in [0, 0.05) is 19.3 Å². The highest BCUT2D eigenvalue weighted by Gasteiger charge is 2.64. The van der Waals surface area contributed by atoms with E-state index in [1.807, 2.05) is 6.92 Å². The Bertz CT molecular complexity index is 671. The van der Waals surface area contributed by atoms with E-state index in [9.17, 15) is 19.2 Å². The maximum absolute atomic E-state index is 13.3. The van der Waals surface area contributed by atoms with Crippen molar-refractivity contribution in [3.05, 3.63) is 0 Å². The smallest absolute Gasteiger partial charge is 0.347 e. The van der Waals surface area contributed by atoms with Gasteiger partial charge in [-0.2, -0.15) is 0 Å². The summed E-state index contributed by atoms with van der Waals surface area (Å²) < 4.78 is 15.7. The first-order valence-electron chi connectivity index (χ1n) is 9.70. The Kier molecular flexibility index (Phi) is 5.08. The second-order valence-electron chi connectivity index (χ2n) is 8.60. The van der Waals surface area contributed by atoms with Gasteiger partial charge in [-0.3, -0.25) is 14.4 Å². The number of hydrogen-bond donors (Lipinski definition) is 0. The standard InChI is InChI=1S/C20H28O7/c1-5-25-18(24)14-10-20(4)12(17(23)27-14)6-8-19(3)9-7-13(26-11(2)21)15(22)16(19)20/h12-14,16H,5-10H2,1-4H3/t12-,13-,14-,16-,19-,20-/m0/s1. The lowest BCUT2D eigenvalue weighted by molar-refractivity contribution is -0.206. The van der Waals surface area contributed by atoms with Crippen LogP contribution in [0.5, 0.6) is 0 Å². The number of fused-ring (bicyclic) bond motifs is 3. The van der Waals surface area contributed by atoms with Crippen LogP contribution >= 0.6 is 0 Å². The van der Waals surface area contributed by atoms with Gasteiger partial charge in [-0.15, -0.1) is 0 Å². The summed E-state index contributed by atoms with van der Waals surface area (Å²) in [6.45, 7) is 7.16. The van der Waals surface area contributed by atoms with Crippen molar-refractivity contribution in [3.63, 3.8) is 0 Å². The van der Waals surface area contributed by atoms with Crippen LogP contribution in [0.15, 0.2) is 0 Å². The maximum atomic E-state index is 13.3. The van der Waals surface area contributed by atoms with Crippen molar-refractivity contribution in [2.75, 3.05) is 6.61 Å². The largest absolute Gasteiger partial charge is 0.463 e. The Labute approximate surface area is 159 Å². The number of cyclic esters (lactones) is 1. The fourth-order valence-electron chi connectivity index (χ4n) is 5.67. The molecule has 0 aromatic carbocycles. The Hall–Kier alpha value is -1.92. The molecule has 0 spiro atoms. The first kappa shape index (κ1) is 19.8. The van der Waals surface area contributed by atoms with E-state index in [1.165, 1.54) is 6.92 Å². The highest BCUT2D eigenvalue weighted by atomic mass is 16.6. The molecule has 0 radical (unpaired) electrons. The monoisotopic (exact) mass is 380 g/mol. The van der Waals surface area contributed by atoms with E-state index in [1.54, 1.807) is 6.92 Å². The lowest BCUT2D eigenvalue weighted by Gasteiger charge is -2.59. The van der Waals surface area contributed by atoms with Crippen molar-refractivity contribution in [2.45, 2.75) is 72.0 Å².